The summed E-state index contributed by atoms with van der Waals surface area (Å²) in [7, 11) is 0. The van der Waals surface area contributed by atoms with Gasteiger partial charge in [0.1, 0.15) is 5.69 Å². The molecular formula is C15H11N5O. The smallest absolute Gasteiger partial charge is 0.230 e. The summed E-state index contributed by atoms with van der Waals surface area (Å²) in [6.45, 7) is 0. The molecule has 6 nitrogen and oxygen atoms in total. The molecule has 1 aromatic carbocycles. The molecule has 3 aromatic heterocycles. The molecule has 0 amide bonds. The average molecular weight is 277 g/mol. The van der Waals surface area contributed by atoms with Gasteiger partial charge in [-0.25, -0.2) is 4.52 Å². The minimum atomic E-state index is 0.291. The molecule has 4 rings (SSSR count). The summed E-state index contributed by atoms with van der Waals surface area (Å²) in [5.74, 6) is 0.291. The van der Waals surface area contributed by atoms with Crippen molar-refractivity contribution in [2.24, 2.45) is 0 Å². The first-order chi connectivity index (χ1) is 10.3. The quantitative estimate of drug-likeness (QED) is 0.609. The van der Waals surface area contributed by atoms with Gasteiger partial charge in [-0.2, -0.15) is 5.10 Å². The van der Waals surface area contributed by atoms with Crippen molar-refractivity contribution in [3.05, 3.63) is 55.1 Å². The van der Waals surface area contributed by atoms with Gasteiger partial charge in [-0.3, -0.25) is 4.98 Å². The highest BCUT2D eigenvalue weighted by atomic mass is 16.5. The molecule has 102 valence electrons. The summed E-state index contributed by atoms with van der Waals surface area (Å²) in [6, 6.07) is 9.78. The Balaban J connectivity index is 1.98. The molecule has 0 unspecified atom stereocenters. The molecule has 4 aromatic rings. The van der Waals surface area contributed by atoms with E-state index in [1.54, 1.807) is 29.3 Å². The first-order valence-corrected chi connectivity index (χ1v) is 6.43. The van der Waals surface area contributed by atoms with E-state index in [0.29, 0.717) is 11.6 Å². The van der Waals surface area contributed by atoms with Crippen molar-refractivity contribution in [3.63, 3.8) is 0 Å². The van der Waals surface area contributed by atoms with Gasteiger partial charge in [-0.1, -0.05) is 35.5 Å². The maximum atomic E-state index is 5.95. The van der Waals surface area contributed by atoms with Crippen LogP contribution < -0.4 is 5.73 Å². The first kappa shape index (κ1) is 11.7. The van der Waals surface area contributed by atoms with Crippen LogP contribution in [0.2, 0.25) is 0 Å². The third-order valence-electron chi connectivity index (χ3n) is 3.36. The molecule has 0 saturated heterocycles. The summed E-state index contributed by atoms with van der Waals surface area (Å²) in [6.07, 6.45) is 6.94. The van der Waals surface area contributed by atoms with Crippen LogP contribution in [0.3, 0.4) is 0 Å². The zero-order valence-electron chi connectivity index (χ0n) is 11.0. The van der Waals surface area contributed by atoms with E-state index < -0.39 is 0 Å². The molecule has 0 fully saturated rings. The maximum Gasteiger partial charge on any atom is 0.230 e. The molecule has 0 aliphatic carbocycles. The van der Waals surface area contributed by atoms with Gasteiger partial charge in [-0.05, 0) is 5.56 Å². The molecule has 21 heavy (non-hydrogen) atoms. The lowest BCUT2D eigenvalue weighted by Crippen LogP contribution is -1.88. The number of aromatic nitrogens is 4. The lowest BCUT2D eigenvalue weighted by Gasteiger charge is -2.01. The second kappa shape index (κ2) is 4.45. The molecule has 0 radical (unpaired) electrons. The minimum absolute atomic E-state index is 0.291. The summed E-state index contributed by atoms with van der Waals surface area (Å²) < 4.78 is 6.93. The van der Waals surface area contributed by atoms with Crippen LogP contribution in [0.25, 0.3) is 27.9 Å². The summed E-state index contributed by atoms with van der Waals surface area (Å²) in [5, 5.41) is 8.40. The first-order valence-electron chi connectivity index (χ1n) is 6.43. The van der Waals surface area contributed by atoms with Crippen molar-refractivity contribution in [1.29, 1.82) is 0 Å². The maximum absolute atomic E-state index is 5.95. The van der Waals surface area contributed by atoms with Crippen LogP contribution >= 0.6 is 0 Å². The fourth-order valence-electron chi connectivity index (χ4n) is 2.39. The predicted octanol–water partition coefficient (Wildman–Crippen LogP) is 2.63. The number of hydrogen-bond donors (Lipinski definition) is 1. The molecule has 0 saturated carbocycles. The number of fused-ring (bicyclic) bond motifs is 1. The van der Waals surface area contributed by atoms with Gasteiger partial charge in [0.05, 0.1) is 29.0 Å². The van der Waals surface area contributed by atoms with Gasteiger partial charge >= 0.3 is 0 Å². The summed E-state index contributed by atoms with van der Waals surface area (Å²) in [5.41, 5.74) is 10.0. The Morgan fingerprint density at radius 2 is 1.95 bits per heavy atom. The molecule has 0 aliphatic heterocycles. The van der Waals surface area contributed by atoms with Gasteiger partial charge < -0.3 is 10.3 Å². The van der Waals surface area contributed by atoms with Crippen LogP contribution in [0, 0.1) is 0 Å². The van der Waals surface area contributed by atoms with Crippen molar-refractivity contribution in [2.75, 3.05) is 5.73 Å². The number of nitrogens with zero attached hydrogens (tertiary/aromatic N) is 4. The number of nitrogen functional groups attached to an aromatic ring is 1. The SMILES string of the molecule is Nc1onc(-c2cnn3ccncc23)c1-c1ccccc1. The Morgan fingerprint density at radius 1 is 1.10 bits per heavy atom. The number of hydrogen-bond acceptors (Lipinski definition) is 5. The van der Waals surface area contributed by atoms with Crippen LogP contribution in [0.1, 0.15) is 0 Å². The van der Waals surface area contributed by atoms with E-state index in [2.05, 4.69) is 15.2 Å². The van der Waals surface area contributed by atoms with Crippen LogP contribution in [0.5, 0.6) is 0 Å². The minimum Gasteiger partial charge on any atom is -0.367 e. The second-order valence-electron chi connectivity index (χ2n) is 4.60. The van der Waals surface area contributed by atoms with Crippen molar-refractivity contribution >= 4 is 11.4 Å². The van der Waals surface area contributed by atoms with Gasteiger partial charge in [0.25, 0.3) is 0 Å². The van der Waals surface area contributed by atoms with E-state index in [1.807, 2.05) is 30.3 Å². The van der Waals surface area contributed by atoms with Gasteiger partial charge in [0, 0.05) is 12.4 Å². The Morgan fingerprint density at radius 3 is 2.81 bits per heavy atom. The normalized spacial score (nSPS) is 11.0. The summed E-state index contributed by atoms with van der Waals surface area (Å²) >= 11 is 0. The Bertz CT molecular complexity index is 910. The van der Waals surface area contributed by atoms with Gasteiger partial charge in [-0.15, -0.1) is 0 Å². The highest BCUT2D eigenvalue weighted by Gasteiger charge is 2.20. The Kier molecular flexibility index (Phi) is 2.47. The van der Waals surface area contributed by atoms with E-state index in [4.69, 9.17) is 10.3 Å². The van der Waals surface area contributed by atoms with E-state index >= 15 is 0 Å². The van der Waals surface area contributed by atoms with E-state index in [9.17, 15) is 0 Å². The molecule has 0 atom stereocenters. The third kappa shape index (κ3) is 1.77. The molecule has 6 heteroatoms. The predicted molar refractivity (Wildman–Crippen MR) is 78.3 cm³/mol. The molecular weight excluding hydrogens is 266 g/mol. The Labute approximate surface area is 119 Å². The van der Waals surface area contributed by atoms with Gasteiger partial charge in [0.2, 0.25) is 5.88 Å². The van der Waals surface area contributed by atoms with E-state index in [0.717, 1.165) is 22.2 Å². The average Bonchev–Trinajstić information content (AvgIpc) is 3.11. The van der Waals surface area contributed by atoms with Crippen molar-refractivity contribution in [1.82, 2.24) is 19.8 Å². The van der Waals surface area contributed by atoms with Crippen molar-refractivity contribution < 1.29 is 4.52 Å². The Hall–Kier alpha value is -3.15. The zero-order valence-corrected chi connectivity index (χ0v) is 11.0. The molecule has 0 bridgehead atoms. The van der Waals surface area contributed by atoms with Crippen LogP contribution in [-0.2, 0) is 0 Å². The molecule has 0 aliphatic rings. The van der Waals surface area contributed by atoms with Crippen LogP contribution in [-0.4, -0.2) is 19.8 Å². The highest BCUT2D eigenvalue weighted by Crippen LogP contribution is 2.37. The third-order valence-corrected chi connectivity index (χ3v) is 3.36. The fraction of sp³-hybridized carbons (Fsp3) is 0. The van der Waals surface area contributed by atoms with Gasteiger partial charge in [0.15, 0.2) is 0 Å². The lowest BCUT2D eigenvalue weighted by molar-refractivity contribution is 0.439. The second-order valence-corrected chi connectivity index (χ2v) is 4.60. The summed E-state index contributed by atoms with van der Waals surface area (Å²) in [4.78, 5) is 4.13. The number of benzene rings is 1. The lowest BCUT2D eigenvalue weighted by atomic mass is 10.0. The standard InChI is InChI=1S/C15H11N5O/c16-15-13(10-4-2-1-3-5-10)14(19-21-15)11-8-18-20-7-6-17-9-12(11)20/h1-9H,16H2. The zero-order chi connectivity index (χ0) is 14.2. The number of rotatable bonds is 2. The van der Waals surface area contributed by atoms with E-state index in [-0.39, 0.29) is 0 Å². The van der Waals surface area contributed by atoms with E-state index in [1.165, 1.54) is 0 Å². The van der Waals surface area contributed by atoms with Crippen LogP contribution in [0.4, 0.5) is 5.88 Å². The van der Waals surface area contributed by atoms with Crippen molar-refractivity contribution in [3.8, 4) is 22.4 Å². The van der Waals surface area contributed by atoms with Crippen LogP contribution in [0.15, 0.2) is 59.6 Å². The monoisotopic (exact) mass is 277 g/mol. The number of nitrogens with two attached hydrogens (primary N) is 1. The topological polar surface area (TPSA) is 82.2 Å². The molecule has 0 spiro atoms. The van der Waals surface area contributed by atoms with Crippen molar-refractivity contribution in [2.45, 2.75) is 0 Å². The highest BCUT2D eigenvalue weighted by molar-refractivity contribution is 5.91. The molecule has 2 N–H and O–H groups in total. The molecule has 3 heterocycles. The fourth-order valence-corrected chi connectivity index (χ4v) is 2.39. The number of anilines is 1. The largest absolute Gasteiger partial charge is 0.367 e.